The van der Waals surface area contributed by atoms with Crippen molar-refractivity contribution in [2.24, 2.45) is 12.8 Å². The Morgan fingerprint density at radius 1 is 1.62 bits per heavy atom. The second-order valence-electron chi connectivity index (χ2n) is 3.05. The van der Waals surface area contributed by atoms with Crippen LogP contribution in [-0.4, -0.2) is 16.1 Å². The summed E-state index contributed by atoms with van der Waals surface area (Å²) in [5.74, 6) is -2.24. The Morgan fingerprint density at radius 2 is 2.23 bits per heavy atom. The normalized spacial score (nSPS) is 12.1. The van der Waals surface area contributed by atoms with Gasteiger partial charge >= 0.3 is 0 Å². The Bertz CT molecular complexity index is 288. The quantitative estimate of drug-likeness (QED) is 0.771. The third-order valence-electron chi connectivity index (χ3n) is 1.90. The molecule has 5 heteroatoms. The van der Waals surface area contributed by atoms with Gasteiger partial charge in [-0.25, -0.2) is 4.98 Å². The van der Waals surface area contributed by atoms with Crippen molar-refractivity contribution in [2.45, 2.75) is 19.3 Å². The van der Waals surface area contributed by atoms with Gasteiger partial charge in [0.2, 0.25) is 0 Å². The van der Waals surface area contributed by atoms with Crippen molar-refractivity contribution < 1.29 is 8.78 Å². The first kappa shape index (κ1) is 10.1. The summed E-state index contributed by atoms with van der Waals surface area (Å²) in [6.07, 6.45) is 1.72. The molecule has 0 saturated carbocycles. The van der Waals surface area contributed by atoms with E-state index in [1.807, 2.05) is 0 Å². The maximum atomic E-state index is 12.9. The first-order valence-corrected chi connectivity index (χ1v) is 4.05. The minimum absolute atomic E-state index is 0.0732. The van der Waals surface area contributed by atoms with E-state index in [1.54, 1.807) is 7.05 Å². The molecule has 1 aromatic rings. The summed E-state index contributed by atoms with van der Waals surface area (Å²) < 4.78 is 27.1. The fourth-order valence-corrected chi connectivity index (χ4v) is 1.22. The lowest BCUT2D eigenvalue weighted by atomic mass is 10.3. The van der Waals surface area contributed by atoms with Crippen molar-refractivity contribution in [3.8, 4) is 0 Å². The third-order valence-corrected chi connectivity index (χ3v) is 1.90. The van der Waals surface area contributed by atoms with Crippen molar-refractivity contribution in [1.82, 2.24) is 9.55 Å². The highest BCUT2D eigenvalue weighted by molar-refractivity contribution is 5.10. The van der Waals surface area contributed by atoms with Gasteiger partial charge in [0.25, 0.3) is 5.92 Å². The molecule has 1 heterocycles. The van der Waals surface area contributed by atoms with E-state index in [2.05, 4.69) is 4.98 Å². The molecule has 0 amide bonds. The van der Waals surface area contributed by atoms with Crippen LogP contribution in [-0.2, 0) is 19.4 Å². The molecule has 0 unspecified atom stereocenters. The second-order valence-corrected chi connectivity index (χ2v) is 3.05. The van der Waals surface area contributed by atoms with Crippen LogP contribution in [0.5, 0.6) is 0 Å². The van der Waals surface area contributed by atoms with Gasteiger partial charge in [0.15, 0.2) is 0 Å². The highest BCUT2D eigenvalue weighted by atomic mass is 19.3. The second kappa shape index (κ2) is 3.41. The summed E-state index contributed by atoms with van der Waals surface area (Å²) in [7, 11) is 1.57. The molecule has 74 valence electrons. The zero-order valence-electron chi connectivity index (χ0n) is 7.72. The lowest BCUT2D eigenvalue weighted by Gasteiger charge is -2.11. The average Bonchev–Trinajstić information content (AvgIpc) is 2.32. The van der Waals surface area contributed by atoms with Gasteiger partial charge in [0.05, 0.1) is 6.20 Å². The molecule has 0 aliphatic rings. The van der Waals surface area contributed by atoms with E-state index in [9.17, 15) is 8.78 Å². The van der Waals surface area contributed by atoms with Crippen LogP contribution >= 0.6 is 0 Å². The van der Waals surface area contributed by atoms with Crippen LogP contribution in [0.15, 0.2) is 6.20 Å². The molecule has 0 fully saturated rings. The van der Waals surface area contributed by atoms with Crippen molar-refractivity contribution in [1.29, 1.82) is 0 Å². The number of imidazole rings is 1. The predicted molar refractivity (Wildman–Crippen MR) is 45.5 cm³/mol. The molecule has 0 saturated heterocycles. The SMILES string of the molecule is Cn1c(C(C)(F)F)cnc1CCN. The highest BCUT2D eigenvalue weighted by Gasteiger charge is 2.28. The van der Waals surface area contributed by atoms with E-state index >= 15 is 0 Å². The predicted octanol–water partition coefficient (Wildman–Crippen LogP) is 1.03. The first-order chi connectivity index (χ1) is 5.96. The van der Waals surface area contributed by atoms with Gasteiger partial charge in [-0.1, -0.05) is 0 Å². The zero-order chi connectivity index (χ0) is 10.1. The minimum Gasteiger partial charge on any atom is -0.330 e. The number of hydrogen-bond acceptors (Lipinski definition) is 2. The molecular formula is C8H13F2N3. The van der Waals surface area contributed by atoms with Crippen LogP contribution in [0.4, 0.5) is 8.78 Å². The molecule has 0 aromatic carbocycles. The molecule has 0 aliphatic heterocycles. The van der Waals surface area contributed by atoms with Gasteiger partial charge in [0, 0.05) is 20.4 Å². The number of nitrogens with zero attached hydrogens (tertiary/aromatic N) is 2. The Balaban J connectivity index is 2.99. The molecule has 1 aromatic heterocycles. The maximum absolute atomic E-state index is 12.9. The van der Waals surface area contributed by atoms with Gasteiger partial charge in [-0.15, -0.1) is 0 Å². The van der Waals surface area contributed by atoms with E-state index < -0.39 is 5.92 Å². The Hall–Kier alpha value is -0.970. The number of alkyl halides is 2. The van der Waals surface area contributed by atoms with Crippen molar-refractivity contribution in [3.63, 3.8) is 0 Å². The van der Waals surface area contributed by atoms with Crippen LogP contribution in [0.3, 0.4) is 0 Å². The smallest absolute Gasteiger partial charge is 0.286 e. The van der Waals surface area contributed by atoms with E-state index in [4.69, 9.17) is 5.73 Å². The Kier molecular flexibility index (Phi) is 2.66. The van der Waals surface area contributed by atoms with Crippen molar-refractivity contribution in [2.75, 3.05) is 6.54 Å². The zero-order valence-corrected chi connectivity index (χ0v) is 7.72. The molecule has 0 atom stereocenters. The molecule has 1 rings (SSSR count). The lowest BCUT2D eigenvalue weighted by Crippen LogP contribution is -2.15. The Labute approximate surface area is 75.6 Å². The van der Waals surface area contributed by atoms with Crippen molar-refractivity contribution >= 4 is 0 Å². The first-order valence-electron chi connectivity index (χ1n) is 4.05. The van der Waals surface area contributed by atoms with Crippen LogP contribution in [0.1, 0.15) is 18.4 Å². The lowest BCUT2D eigenvalue weighted by molar-refractivity contribution is 0.00964. The van der Waals surface area contributed by atoms with Gasteiger partial charge in [0.1, 0.15) is 11.5 Å². The number of hydrogen-bond donors (Lipinski definition) is 1. The summed E-state index contributed by atoms with van der Waals surface area (Å²) >= 11 is 0. The number of halogens is 2. The summed E-state index contributed by atoms with van der Waals surface area (Å²) in [5.41, 5.74) is 5.23. The minimum atomic E-state index is -2.84. The Morgan fingerprint density at radius 3 is 2.62 bits per heavy atom. The largest absolute Gasteiger partial charge is 0.330 e. The molecule has 2 N–H and O–H groups in total. The van der Waals surface area contributed by atoms with Crippen LogP contribution < -0.4 is 5.73 Å². The molecule has 0 spiro atoms. The molecule has 3 nitrogen and oxygen atoms in total. The summed E-state index contributed by atoms with van der Waals surface area (Å²) in [4.78, 5) is 3.87. The molecule has 0 aliphatic carbocycles. The van der Waals surface area contributed by atoms with Crippen LogP contribution in [0.25, 0.3) is 0 Å². The highest BCUT2D eigenvalue weighted by Crippen LogP contribution is 2.26. The van der Waals surface area contributed by atoms with E-state index in [1.165, 1.54) is 10.8 Å². The van der Waals surface area contributed by atoms with Gasteiger partial charge in [-0.05, 0) is 6.54 Å². The monoisotopic (exact) mass is 189 g/mol. The molecular weight excluding hydrogens is 176 g/mol. The standard InChI is InChI=1S/C8H13F2N3/c1-8(9,10)6-5-12-7(3-4-11)13(6)2/h5H,3-4,11H2,1-2H3. The van der Waals surface area contributed by atoms with E-state index in [0.717, 1.165) is 6.92 Å². The molecule has 0 bridgehead atoms. The van der Waals surface area contributed by atoms with Crippen molar-refractivity contribution in [3.05, 3.63) is 17.7 Å². The number of aromatic nitrogens is 2. The summed E-state index contributed by atoms with van der Waals surface area (Å²) in [6, 6.07) is 0. The molecule has 0 radical (unpaired) electrons. The topological polar surface area (TPSA) is 43.8 Å². The molecule has 13 heavy (non-hydrogen) atoms. The van der Waals surface area contributed by atoms with E-state index in [0.29, 0.717) is 18.8 Å². The number of nitrogens with two attached hydrogens (primary N) is 1. The van der Waals surface area contributed by atoms with E-state index in [-0.39, 0.29) is 5.69 Å². The third kappa shape index (κ3) is 2.03. The maximum Gasteiger partial charge on any atom is 0.286 e. The summed E-state index contributed by atoms with van der Waals surface area (Å²) in [6.45, 7) is 1.27. The number of rotatable bonds is 3. The fraction of sp³-hybridized carbons (Fsp3) is 0.625. The van der Waals surface area contributed by atoms with Crippen LogP contribution in [0, 0.1) is 0 Å². The van der Waals surface area contributed by atoms with Gasteiger partial charge in [-0.2, -0.15) is 8.78 Å². The fourth-order valence-electron chi connectivity index (χ4n) is 1.22. The average molecular weight is 189 g/mol. The van der Waals surface area contributed by atoms with Gasteiger partial charge in [-0.3, -0.25) is 0 Å². The summed E-state index contributed by atoms with van der Waals surface area (Å²) in [5, 5.41) is 0. The van der Waals surface area contributed by atoms with Crippen LogP contribution in [0.2, 0.25) is 0 Å². The van der Waals surface area contributed by atoms with Gasteiger partial charge < -0.3 is 10.3 Å².